The summed E-state index contributed by atoms with van der Waals surface area (Å²) in [4.78, 5) is 23.2. The maximum Gasteiger partial charge on any atom is 0.308 e. The summed E-state index contributed by atoms with van der Waals surface area (Å²) in [6, 6.07) is 21.6. The maximum absolute atomic E-state index is 12.2. The molecule has 0 saturated heterocycles. The molecule has 3 aromatic carbocycles. The highest BCUT2D eigenvalue weighted by atomic mass is 32.2. The maximum atomic E-state index is 12.2. The van der Waals surface area contributed by atoms with E-state index in [0.717, 1.165) is 20.0 Å². The quantitative estimate of drug-likeness (QED) is 0.101. The van der Waals surface area contributed by atoms with Crippen LogP contribution in [-0.4, -0.2) is 33.5 Å². The lowest BCUT2D eigenvalue weighted by atomic mass is 10.1. The first-order chi connectivity index (χ1) is 17.0. The van der Waals surface area contributed by atoms with Crippen molar-refractivity contribution in [2.45, 2.75) is 28.3 Å². The van der Waals surface area contributed by atoms with E-state index in [2.05, 4.69) is 51.1 Å². The fraction of sp³-hybridized carbons (Fsp3) is 0.160. The van der Waals surface area contributed by atoms with E-state index in [1.54, 1.807) is 43.0 Å². The summed E-state index contributed by atoms with van der Waals surface area (Å²) >= 11 is 4.45. The second kappa shape index (κ2) is 12.0. The Morgan fingerprint density at radius 1 is 0.943 bits per heavy atom. The summed E-state index contributed by atoms with van der Waals surface area (Å²) in [5, 5.41) is 15.1. The summed E-state index contributed by atoms with van der Waals surface area (Å²) in [5.41, 5.74) is 5.27. The molecule has 0 atom stereocenters. The van der Waals surface area contributed by atoms with Gasteiger partial charge in [0.05, 0.1) is 11.5 Å². The van der Waals surface area contributed by atoms with Crippen molar-refractivity contribution in [1.82, 2.24) is 15.6 Å². The molecular weight excluding hydrogens is 501 g/mol. The molecule has 0 bridgehead atoms. The molecule has 1 N–H and O–H groups in total. The predicted octanol–water partition coefficient (Wildman–Crippen LogP) is 5.54. The van der Waals surface area contributed by atoms with Gasteiger partial charge in [-0.1, -0.05) is 77.3 Å². The van der Waals surface area contributed by atoms with Gasteiger partial charge in [0.2, 0.25) is 0 Å². The molecule has 35 heavy (non-hydrogen) atoms. The molecule has 0 aliphatic heterocycles. The molecular formula is C25H22N4O3S3. The molecule has 4 rings (SSSR count). The van der Waals surface area contributed by atoms with E-state index in [1.165, 1.54) is 46.4 Å². The number of hydrogen-bond acceptors (Lipinski definition) is 9. The van der Waals surface area contributed by atoms with Crippen molar-refractivity contribution in [2.75, 3.05) is 5.75 Å². The number of hydrazone groups is 1. The zero-order chi connectivity index (χ0) is 24.6. The number of hydrogen-bond donors (Lipinski definition) is 1. The molecule has 0 saturated carbocycles. The van der Waals surface area contributed by atoms with Crippen molar-refractivity contribution in [3.8, 4) is 5.75 Å². The van der Waals surface area contributed by atoms with Gasteiger partial charge in [-0.05, 0) is 53.1 Å². The fourth-order valence-electron chi connectivity index (χ4n) is 3.17. The fourth-order valence-corrected chi connectivity index (χ4v) is 5.99. The molecule has 0 fully saturated rings. The number of esters is 1. The van der Waals surface area contributed by atoms with Crippen molar-refractivity contribution in [2.24, 2.45) is 5.10 Å². The van der Waals surface area contributed by atoms with Crippen molar-refractivity contribution >= 4 is 63.2 Å². The molecule has 0 aliphatic carbocycles. The third kappa shape index (κ3) is 7.14. The highest BCUT2D eigenvalue weighted by Crippen LogP contribution is 2.32. The van der Waals surface area contributed by atoms with E-state index in [0.29, 0.717) is 11.5 Å². The number of aromatic nitrogens is 2. The van der Waals surface area contributed by atoms with Gasteiger partial charge in [0.15, 0.2) is 8.68 Å². The number of nitrogens with zero attached hydrogens (tertiary/aromatic N) is 3. The first-order valence-corrected chi connectivity index (χ1v) is 13.4. The van der Waals surface area contributed by atoms with E-state index in [-0.39, 0.29) is 17.6 Å². The number of carbonyl (C=O) groups is 2. The van der Waals surface area contributed by atoms with Gasteiger partial charge in [-0.25, -0.2) is 5.43 Å². The molecule has 10 heteroatoms. The first kappa shape index (κ1) is 24.9. The Kier molecular flexibility index (Phi) is 8.51. The van der Waals surface area contributed by atoms with Crippen molar-refractivity contribution in [3.05, 3.63) is 77.9 Å². The smallest absolute Gasteiger partial charge is 0.308 e. The monoisotopic (exact) mass is 522 g/mol. The lowest BCUT2D eigenvalue weighted by molar-refractivity contribution is -0.131. The number of thioether (sulfide) groups is 2. The summed E-state index contributed by atoms with van der Waals surface area (Å²) in [7, 11) is 0. The van der Waals surface area contributed by atoms with Gasteiger partial charge in [0.25, 0.3) is 5.91 Å². The van der Waals surface area contributed by atoms with E-state index < -0.39 is 0 Å². The molecule has 1 amide bonds. The highest BCUT2D eigenvalue weighted by molar-refractivity contribution is 8.03. The van der Waals surface area contributed by atoms with Gasteiger partial charge in [-0.3, -0.25) is 9.59 Å². The predicted molar refractivity (Wildman–Crippen MR) is 142 cm³/mol. The van der Waals surface area contributed by atoms with E-state index >= 15 is 0 Å². The molecule has 0 radical (unpaired) electrons. The SMILES string of the molecule is CC(=O)Oc1ccc(/C(C)=N\NC(=O)CSc2nnc(SCc3cccc4ccccc34)s2)cc1. The van der Waals surface area contributed by atoms with Crippen LogP contribution in [0.1, 0.15) is 25.0 Å². The normalized spacial score (nSPS) is 11.4. The van der Waals surface area contributed by atoms with Crippen LogP contribution in [-0.2, 0) is 15.3 Å². The van der Waals surface area contributed by atoms with Crippen LogP contribution in [0, 0.1) is 0 Å². The van der Waals surface area contributed by atoms with Gasteiger partial charge in [0.1, 0.15) is 5.75 Å². The van der Waals surface area contributed by atoms with Gasteiger partial charge >= 0.3 is 5.97 Å². The Bertz CT molecular complexity index is 1360. The van der Waals surface area contributed by atoms with E-state index in [1.807, 2.05) is 12.1 Å². The molecule has 1 aromatic heterocycles. The Labute approximate surface area is 215 Å². The molecule has 0 unspecified atom stereocenters. The average Bonchev–Trinajstić information content (AvgIpc) is 3.32. The number of carbonyl (C=O) groups excluding carboxylic acids is 2. The number of fused-ring (bicyclic) bond motifs is 1. The minimum absolute atomic E-state index is 0.185. The van der Waals surface area contributed by atoms with Crippen molar-refractivity contribution in [1.29, 1.82) is 0 Å². The zero-order valence-corrected chi connectivity index (χ0v) is 21.5. The number of benzene rings is 3. The third-order valence-electron chi connectivity index (χ3n) is 4.83. The summed E-state index contributed by atoms with van der Waals surface area (Å²) in [5.74, 6) is 0.841. The summed E-state index contributed by atoms with van der Waals surface area (Å²) in [6.07, 6.45) is 0. The van der Waals surface area contributed by atoms with Gasteiger partial charge in [-0.2, -0.15) is 5.10 Å². The van der Waals surface area contributed by atoms with Crippen LogP contribution in [0.2, 0.25) is 0 Å². The Morgan fingerprint density at radius 2 is 1.66 bits per heavy atom. The molecule has 178 valence electrons. The number of amides is 1. The molecule has 7 nitrogen and oxygen atoms in total. The topological polar surface area (TPSA) is 93.5 Å². The van der Waals surface area contributed by atoms with Crippen LogP contribution in [0.15, 0.2) is 80.5 Å². The van der Waals surface area contributed by atoms with Crippen LogP contribution in [0.5, 0.6) is 5.75 Å². The molecule has 4 aromatic rings. The zero-order valence-electron chi connectivity index (χ0n) is 19.1. The minimum atomic E-state index is -0.376. The van der Waals surface area contributed by atoms with Gasteiger partial charge in [0, 0.05) is 12.7 Å². The van der Waals surface area contributed by atoms with Crippen LogP contribution < -0.4 is 10.2 Å². The average molecular weight is 523 g/mol. The number of ether oxygens (including phenoxy) is 1. The molecule has 0 aliphatic rings. The third-order valence-corrected chi connectivity index (χ3v) is 8.07. The first-order valence-electron chi connectivity index (χ1n) is 10.7. The van der Waals surface area contributed by atoms with Crippen molar-refractivity contribution in [3.63, 3.8) is 0 Å². The highest BCUT2D eigenvalue weighted by Gasteiger charge is 2.10. The molecule has 0 spiro atoms. The molecule has 1 heterocycles. The minimum Gasteiger partial charge on any atom is -0.427 e. The summed E-state index contributed by atoms with van der Waals surface area (Å²) in [6.45, 7) is 3.14. The van der Waals surface area contributed by atoms with E-state index in [9.17, 15) is 9.59 Å². The van der Waals surface area contributed by atoms with Crippen LogP contribution >= 0.6 is 34.9 Å². The largest absolute Gasteiger partial charge is 0.427 e. The lowest BCUT2D eigenvalue weighted by Gasteiger charge is -2.04. The Balaban J connectivity index is 1.25. The van der Waals surface area contributed by atoms with E-state index in [4.69, 9.17) is 4.74 Å². The number of nitrogens with one attached hydrogen (secondary N) is 1. The Morgan fingerprint density at radius 3 is 2.43 bits per heavy atom. The van der Waals surface area contributed by atoms with Crippen molar-refractivity contribution < 1.29 is 14.3 Å². The van der Waals surface area contributed by atoms with Crippen LogP contribution in [0.4, 0.5) is 0 Å². The Hall–Kier alpha value is -3.21. The van der Waals surface area contributed by atoms with Crippen LogP contribution in [0.25, 0.3) is 10.8 Å². The lowest BCUT2D eigenvalue weighted by Crippen LogP contribution is -2.21. The summed E-state index contributed by atoms with van der Waals surface area (Å²) < 4.78 is 6.62. The standard InChI is InChI=1S/C25H22N4O3S3/c1-16(18-10-12-21(13-11-18)32-17(2)30)26-27-23(31)15-34-25-29-28-24(35-25)33-14-20-8-5-7-19-6-3-4-9-22(19)20/h3-13H,14-15H2,1-2H3,(H,27,31)/b26-16-. The second-order valence-electron chi connectivity index (χ2n) is 7.40. The second-order valence-corrected chi connectivity index (χ2v) is 10.8. The van der Waals surface area contributed by atoms with Gasteiger partial charge < -0.3 is 4.74 Å². The van der Waals surface area contributed by atoms with Gasteiger partial charge in [-0.15, -0.1) is 10.2 Å². The number of rotatable bonds is 9. The van der Waals surface area contributed by atoms with Crippen LogP contribution in [0.3, 0.4) is 0 Å².